The molecule has 5 unspecified atom stereocenters. The van der Waals surface area contributed by atoms with Crippen LogP contribution in [0.3, 0.4) is 0 Å². The quantitative estimate of drug-likeness (QED) is 0.760. The highest BCUT2D eigenvalue weighted by atomic mass is 32.2. The number of hydrogen-bond donors (Lipinski definition) is 2. The first-order valence-electron chi connectivity index (χ1n) is 6.80. The summed E-state index contributed by atoms with van der Waals surface area (Å²) in [6.45, 7) is 4.47. The van der Waals surface area contributed by atoms with E-state index in [0.29, 0.717) is 23.4 Å². The number of rotatable bonds is 4. The Bertz CT molecular complexity index is 235. The molecule has 1 heterocycles. The van der Waals surface area contributed by atoms with Crippen LogP contribution in [0.25, 0.3) is 0 Å². The van der Waals surface area contributed by atoms with Crippen molar-refractivity contribution in [3.05, 3.63) is 0 Å². The second-order valence-corrected chi connectivity index (χ2v) is 6.78. The fourth-order valence-corrected chi connectivity index (χ4v) is 3.57. The van der Waals surface area contributed by atoms with Gasteiger partial charge in [0.2, 0.25) is 0 Å². The summed E-state index contributed by atoms with van der Waals surface area (Å²) in [5, 5.41) is 13.6. The zero-order valence-electron chi connectivity index (χ0n) is 10.9. The Morgan fingerprint density at radius 2 is 2.18 bits per heavy atom. The molecule has 2 fully saturated rings. The van der Waals surface area contributed by atoms with Crippen LogP contribution in [0.4, 0.5) is 0 Å². The van der Waals surface area contributed by atoms with E-state index in [1.807, 2.05) is 11.8 Å². The van der Waals surface area contributed by atoms with Gasteiger partial charge in [0.1, 0.15) is 5.44 Å². The van der Waals surface area contributed by atoms with Gasteiger partial charge in [-0.05, 0) is 44.9 Å². The van der Waals surface area contributed by atoms with Crippen molar-refractivity contribution < 1.29 is 9.84 Å². The van der Waals surface area contributed by atoms with Crippen molar-refractivity contribution in [3.8, 4) is 0 Å². The van der Waals surface area contributed by atoms with Crippen molar-refractivity contribution >= 4 is 11.8 Å². The van der Waals surface area contributed by atoms with Crippen molar-refractivity contribution in [2.75, 3.05) is 5.94 Å². The predicted octanol–water partition coefficient (Wildman–Crippen LogP) is 2.34. The minimum absolute atomic E-state index is 0.119. The highest BCUT2D eigenvalue weighted by molar-refractivity contribution is 8.00. The van der Waals surface area contributed by atoms with Gasteiger partial charge in [0.05, 0.1) is 12.0 Å². The smallest absolute Gasteiger partial charge is 0.108 e. The molecule has 0 radical (unpaired) electrons. The Hall–Kier alpha value is 0.230. The molecule has 1 saturated carbocycles. The standard InChI is InChI=1S/C13H25NO2S/c1-9-3-4-11(7-12(15)5-9)14-10(2)6-13-16-8-17-13/h9-15H,3-8H2,1-2H3. The largest absolute Gasteiger partial charge is 0.393 e. The van der Waals surface area contributed by atoms with E-state index in [-0.39, 0.29) is 6.10 Å². The van der Waals surface area contributed by atoms with Crippen molar-refractivity contribution in [3.63, 3.8) is 0 Å². The van der Waals surface area contributed by atoms with E-state index in [1.165, 1.54) is 12.8 Å². The number of hydrogen-bond acceptors (Lipinski definition) is 4. The van der Waals surface area contributed by atoms with Gasteiger partial charge in [0.25, 0.3) is 0 Å². The van der Waals surface area contributed by atoms with Gasteiger partial charge in [0, 0.05) is 12.1 Å². The first-order chi connectivity index (χ1) is 8.13. The summed E-state index contributed by atoms with van der Waals surface area (Å²) in [5.74, 6) is 1.52. The van der Waals surface area contributed by atoms with Gasteiger partial charge in [-0.1, -0.05) is 6.92 Å². The number of thioether (sulfide) groups is 1. The van der Waals surface area contributed by atoms with E-state index < -0.39 is 0 Å². The Labute approximate surface area is 109 Å². The van der Waals surface area contributed by atoms with E-state index in [0.717, 1.165) is 25.2 Å². The van der Waals surface area contributed by atoms with Crippen LogP contribution in [0.2, 0.25) is 0 Å². The fraction of sp³-hybridized carbons (Fsp3) is 1.00. The molecule has 4 heteroatoms. The number of nitrogens with one attached hydrogen (secondary N) is 1. The summed E-state index contributed by atoms with van der Waals surface area (Å²) in [7, 11) is 0. The summed E-state index contributed by atoms with van der Waals surface area (Å²) < 4.78 is 5.43. The lowest BCUT2D eigenvalue weighted by atomic mass is 10.0. The van der Waals surface area contributed by atoms with Crippen LogP contribution >= 0.6 is 11.8 Å². The lowest BCUT2D eigenvalue weighted by Crippen LogP contribution is -2.40. The number of aliphatic hydroxyl groups excluding tert-OH is 1. The summed E-state index contributed by atoms with van der Waals surface area (Å²) in [6, 6.07) is 0.966. The van der Waals surface area contributed by atoms with Gasteiger partial charge in [-0.15, -0.1) is 11.8 Å². The molecule has 1 aliphatic heterocycles. The normalized spacial score (nSPS) is 40.4. The molecule has 17 heavy (non-hydrogen) atoms. The van der Waals surface area contributed by atoms with E-state index in [1.54, 1.807) is 0 Å². The maximum Gasteiger partial charge on any atom is 0.108 e. The van der Waals surface area contributed by atoms with Crippen molar-refractivity contribution in [2.45, 2.75) is 69.6 Å². The summed E-state index contributed by atoms with van der Waals surface area (Å²) in [6.07, 6.45) is 5.26. The topological polar surface area (TPSA) is 41.5 Å². The minimum atomic E-state index is -0.119. The van der Waals surface area contributed by atoms with Gasteiger partial charge in [0.15, 0.2) is 0 Å². The molecule has 2 rings (SSSR count). The molecule has 1 saturated heterocycles. The maximum atomic E-state index is 9.91. The molecule has 2 aliphatic rings. The second kappa shape index (κ2) is 6.41. The monoisotopic (exact) mass is 259 g/mol. The van der Waals surface area contributed by atoms with Crippen LogP contribution < -0.4 is 5.32 Å². The fourth-order valence-electron chi connectivity index (χ4n) is 2.82. The van der Waals surface area contributed by atoms with Gasteiger partial charge in [-0.2, -0.15) is 0 Å². The zero-order chi connectivity index (χ0) is 12.3. The first kappa shape index (κ1) is 13.7. The molecule has 0 aromatic rings. The van der Waals surface area contributed by atoms with Crippen molar-refractivity contribution in [1.29, 1.82) is 0 Å². The molecule has 5 atom stereocenters. The van der Waals surface area contributed by atoms with E-state index in [9.17, 15) is 5.11 Å². The van der Waals surface area contributed by atoms with Crippen LogP contribution in [0.1, 0.15) is 46.0 Å². The second-order valence-electron chi connectivity index (χ2n) is 5.69. The molecule has 2 N–H and O–H groups in total. The third kappa shape index (κ3) is 4.43. The molecule has 0 bridgehead atoms. The average Bonchev–Trinajstić information content (AvgIpc) is 2.34. The molecule has 0 aromatic heterocycles. The molecule has 0 aromatic carbocycles. The number of aliphatic hydroxyl groups is 1. The highest BCUT2D eigenvalue weighted by Gasteiger charge is 2.26. The number of ether oxygens (including phenoxy) is 1. The van der Waals surface area contributed by atoms with Gasteiger partial charge >= 0.3 is 0 Å². The molecule has 100 valence electrons. The van der Waals surface area contributed by atoms with E-state index in [2.05, 4.69) is 19.2 Å². The minimum Gasteiger partial charge on any atom is -0.393 e. The van der Waals surface area contributed by atoms with Crippen molar-refractivity contribution in [2.24, 2.45) is 5.92 Å². The van der Waals surface area contributed by atoms with Crippen molar-refractivity contribution in [1.82, 2.24) is 5.32 Å². The Morgan fingerprint density at radius 1 is 1.41 bits per heavy atom. The SMILES string of the molecule is CC1CCC(NC(C)CC2OCS2)CC(O)C1. The first-order valence-corrected chi connectivity index (χ1v) is 7.85. The molecule has 0 amide bonds. The zero-order valence-corrected chi connectivity index (χ0v) is 11.7. The third-order valence-electron chi connectivity index (χ3n) is 3.81. The van der Waals surface area contributed by atoms with Crippen LogP contribution in [0, 0.1) is 5.92 Å². The van der Waals surface area contributed by atoms with E-state index >= 15 is 0 Å². The van der Waals surface area contributed by atoms with E-state index in [4.69, 9.17) is 4.74 Å². The molecular weight excluding hydrogens is 234 g/mol. The van der Waals surface area contributed by atoms with Crippen LogP contribution in [0.5, 0.6) is 0 Å². The van der Waals surface area contributed by atoms with Crippen LogP contribution in [-0.4, -0.2) is 34.7 Å². The lowest BCUT2D eigenvalue weighted by Gasteiger charge is -2.30. The van der Waals surface area contributed by atoms with Crippen LogP contribution in [-0.2, 0) is 4.74 Å². The Balaban J connectivity index is 1.72. The molecule has 0 spiro atoms. The van der Waals surface area contributed by atoms with Gasteiger partial charge < -0.3 is 15.2 Å². The summed E-state index contributed by atoms with van der Waals surface area (Å²) in [4.78, 5) is 0. The predicted molar refractivity (Wildman–Crippen MR) is 72.0 cm³/mol. The van der Waals surface area contributed by atoms with Gasteiger partial charge in [-0.25, -0.2) is 0 Å². The molecule has 3 nitrogen and oxygen atoms in total. The lowest BCUT2D eigenvalue weighted by molar-refractivity contribution is 0.104. The molecule has 1 aliphatic carbocycles. The third-order valence-corrected chi connectivity index (χ3v) is 4.79. The Kier molecular flexibility index (Phi) is 5.15. The summed E-state index contributed by atoms with van der Waals surface area (Å²) >= 11 is 1.89. The highest BCUT2D eigenvalue weighted by Crippen LogP contribution is 2.29. The van der Waals surface area contributed by atoms with Crippen LogP contribution in [0.15, 0.2) is 0 Å². The Morgan fingerprint density at radius 3 is 2.82 bits per heavy atom. The van der Waals surface area contributed by atoms with Gasteiger partial charge in [-0.3, -0.25) is 0 Å². The average molecular weight is 259 g/mol. The summed E-state index contributed by atoms with van der Waals surface area (Å²) in [5.41, 5.74) is 0.395. The maximum absolute atomic E-state index is 9.91. The molecular formula is C13H25NO2S.